The Bertz CT molecular complexity index is 406. The summed E-state index contributed by atoms with van der Waals surface area (Å²) in [5.41, 5.74) is 0. The molecule has 1 saturated heterocycles. The molecule has 1 unspecified atom stereocenters. The van der Waals surface area contributed by atoms with Crippen molar-refractivity contribution in [3.63, 3.8) is 0 Å². The van der Waals surface area contributed by atoms with Gasteiger partial charge >= 0.3 is 6.18 Å². The summed E-state index contributed by atoms with van der Waals surface area (Å²) in [5.74, 6) is 0.352. The van der Waals surface area contributed by atoms with Crippen LogP contribution in [0.1, 0.15) is 33.1 Å². The van der Waals surface area contributed by atoms with E-state index in [2.05, 4.69) is 19.2 Å². The van der Waals surface area contributed by atoms with Crippen LogP contribution in [0.5, 0.6) is 0 Å². The Kier molecular flexibility index (Phi) is 6.89. The Morgan fingerprint density at radius 2 is 1.86 bits per heavy atom. The van der Waals surface area contributed by atoms with Crippen LogP contribution in [-0.2, 0) is 10.2 Å². The van der Waals surface area contributed by atoms with Crippen LogP contribution in [0.25, 0.3) is 0 Å². The van der Waals surface area contributed by atoms with Crippen molar-refractivity contribution < 1.29 is 21.6 Å². The molecule has 1 aliphatic rings. The average molecular weight is 331 g/mol. The smallest absolute Gasteiger partial charge is 0.314 e. The Labute approximate surface area is 124 Å². The zero-order valence-electron chi connectivity index (χ0n) is 12.4. The van der Waals surface area contributed by atoms with Crippen molar-refractivity contribution in [2.45, 2.75) is 45.3 Å². The molecule has 1 aliphatic heterocycles. The van der Waals surface area contributed by atoms with Gasteiger partial charge in [0, 0.05) is 19.1 Å². The average Bonchev–Trinajstić information content (AvgIpc) is 2.42. The fourth-order valence-corrected chi connectivity index (χ4v) is 3.64. The van der Waals surface area contributed by atoms with E-state index in [-0.39, 0.29) is 19.1 Å². The predicted molar refractivity (Wildman–Crippen MR) is 75.0 cm³/mol. The van der Waals surface area contributed by atoms with E-state index < -0.39 is 22.9 Å². The van der Waals surface area contributed by atoms with E-state index in [1.165, 1.54) is 0 Å². The molecular formula is C12H24F3N3O2S. The molecule has 0 aromatic heterocycles. The maximum absolute atomic E-state index is 12.1. The number of piperidine rings is 1. The maximum atomic E-state index is 12.1. The second kappa shape index (κ2) is 7.75. The summed E-state index contributed by atoms with van der Waals surface area (Å²) in [7, 11) is -4.04. The Balaban J connectivity index is 2.44. The summed E-state index contributed by atoms with van der Waals surface area (Å²) in [6.07, 6.45) is -2.20. The summed E-state index contributed by atoms with van der Waals surface area (Å²) >= 11 is 0. The SMILES string of the molecule is CCCNC(C)C1CCN(S(=O)(=O)NCC(F)(F)F)CC1. The van der Waals surface area contributed by atoms with Crippen LogP contribution < -0.4 is 10.0 Å². The van der Waals surface area contributed by atoms with Crippen LogP contribution >= 0.6 is 0 Å². The lowest BCUT2D eigenvalue weighted by molar-refractivity contribution is -0.121. The lowest BCUT2D eigenvalue weighted by Crippen LogP contribution is -2.49. The standard InChI is InChI=1S/C12H24F3N3O2S/c1-3-6-16-10(2)11-4-7-18(8-5-11)21(19,20)17-9-12(13,14)15/h10-11,16-17H,3-9H2,1-2H3. The predicted octanol–water partition coefficient (Wildman–Crippen LogP) is 1.48. The molecule has 0 bridgehead atoms. The molecule has 0 aromatic carbocycles. The van der Waals surface area contributed by atoms with Gasteiger partial charge in [-0.1, -0.05) is 6.92 Å². The van der Waals surface area contributed by atoms with Gasteiger partial charge in [-0.3, -0.25) is 0 Å². The van der Waals surface area contributed by atoms with Crippen LogP contribution in [-0.4, -0.2) is 51.1 Å². The Hall–Kier alpha value is -0.380. The minimum Gasteiger partial charge on any atom is -0.314 e. The zero-order chi connectivity index (χ0) is 16.1. The van der Waals surface area contributed by atoms with E-state index >= 15 is 0 Å². The summed E-state index contributed by atoms with van der Waals surface area (Å²) in [6, 6.07) is 0.290. The molecular weight excluding hydrogens is 307 g/mol. The zero-order valence-corrected chi connectivity index (χ0v) is 13.2. The van der Waals surface area contributed by atoms with E-state index in [0.29, 0.717) is 18.8 Å². The van der Waals surface area contributed by atoms with Crippen molar-refractivity contribution in [2.24, 2.45) is 5.92 Å². The van der Waals surface area contributed by atoms with Gasteiger partial charge in [0.05, 0.1) is 0 Å². The number of rotatable bonds is 7. The molecule has 9 heteroatoms. The second-order valence-corrected chi connectivity index (χ2v) is 7.18. The minimum atomic E-state index is -4.54. The summed E-state index contributed by atoms with van der Waals surface area (Å²) < 4.78 is 62.5. The largest absolute Gasteiger partial charge is 0.402 e. The molecule has 126 valence electrons. The van der Waals surface area contributed by atoms with Crippen molar-refractivity contribution in [3.05, 3.63) is 0 Å². The first kappa shape index (κ1) is 18.7. The molecule has 1 atom stereocenters. The van der Waals surface area contributed by atoms with E-state index in [0.717, 1.165) is 17.3 Å². The first-order valence-electron chi connectivity index (χ1n) is 7.20. The van der Waals surface area contributed by atoms with Gasteiger partial charge < -0.3 is 5.32 Å². The molecule has 0 spiro atoms. The highest BCUT2D eigenvalue weighted by atomic mass is 32.2. The number of halogens is 3. The van der Waals surface area contributed by atoms with E-state index in [1.54, 1.807) is 4.72 Å². The molecule has 1 heterocycles. The van der Waals surface area contributed by atoms with Crippen molar-refractivity contribution >= 4 is 10.2 Å². The van der Waals surface area contributed by atoms with E-state index in [1.807, 2.05) is 0 Å². The molecule has 0 saturated carbocycles. The highest BCUT2D eigenvalue weighted by Gasteiger charge is 2.34. The lowest BCUT2D eigenvalue weighted by Gasteiger charge is -2.34. The van der Waals surface area contributed by atoms with Gasteiger partial charge in [0.1, 0.15) is 6.54 Å². The molecule has 0 radical (unpaired) electrons. The molecule has 0 aromatic rings. The van der Waals surface area contributed by atoms with E-state index in [9.17, 15) is 21.6 Å². The number of nitrogens with one attached hydrogen (secondary N) is 2. The monoisotopic (exact) mass is 331 g/mol. The summed E-state index contributed by atoms with van der Waals surface area (Å²) in [4.78, 5) is 0. The molecule has 0 amide bonds. The van der Waals surface area contributed by atoms with Crippen molar-refractivity contribution in [1.82, 2.24) is 14.3 Å². The number of nitrogens with zero attached hydrogens (tertiary/aromatic N) is 1. The topological polar surface area (TPSA) is 61.4 Å². The molecule has 21 heavy (non-hydrogen) atoms. The van der Waals surface area contributed by atoms with Gasteiger partial charge in [-0.15, -0.1) is 0 Å². The third-order valence-corrected chi connectivity index (χ3v) is 5.27. The first-order chi connectivity index (χ1) is 9.65. The second-order valence-electron chi connectivity index (χ2n) is 5.42. The first-order valence-corrected chi connectivity index (χ1v) is 8.64. The van der Waals surface area contributed by atoms with Gasteiger partial charge in [0.2, 0.25) is 0 Å². The van der Waals surface area contributed by atoms with Crippen LogP contribution in [0, 0.1) is 5.92 Å². The Morgan fingerprint density at radius 1 is 1.29 bits per heavy atom. The molecule has 0 aliphatic carbocycles. The third-order valence-electron chi connectivity index (χ3n) is 3.72. The summed E-state index contributed by atoms with van der Waals surface area (Å²) in [6.45, 7) is 4.04. The third kappa shape index (κ3) is 6.50. The van der Waals surface area contributed by atoms with Crippen molar-refractivity contribution in [3.8, 4) is 0 Å². The highest BCUT2D eigenvalue weighted by molar-refractivity contribution is 7.87. The molecule has 5 nitrogen and oxygen atoms in total. The van der Waals surface area contributed by atoms with Gasteiger partial charge in [-0.2, -0.15) is 30.6 Å². The quantitative estimate of drug-likeness (QED) is 0.743. The highest BCUT2D eigenvalue weighted by Crippen LogP contribution is 2.22. The van der Waals surface area contributed by atoms with Crippen molar-refractivity contribution in [2.75, 3.05) is 26.2 Å². The maximum Gasteiger partial charge on any atom is 0.402 e. The van der Waals surface area contributed by atoms with Gasteiger partial charge in [-0.05, 0) is 38.6 Å². The van der Waals surface area contributed by atoms with Crippen LogP contribution in [0.15, 0.2) is 0 Å². The Morgan fingerprint density at radius 3 is 2.33 bits per heavy atom. The number of alkyl halides is 3. The van der Waals surface area contributed by atoms with E-state index in [4.69, 9.17) is 0 Å². The van der Waals surface area contributed by atoms with Crippen LogP contribution in [0.3, 0.4) is 0 Å². The molecule has 1 rings (SSSR count). The molecule has 1 fully saturated rings. The molecule has 2 N–H and O–H groups in total. The lowest BCUT2D eigenvalue weighted by atomic mass is 9.91. The number of hydrogen-bond acceptors (Lipinski definition) is 3. The summed E-state index contributed by atoms with van der Waals surface area (Å²) in [5, 5.41) is 3.37. The van der Waals surface area contributed by atoms with Crippen LogP contribution in [0.2, 0.25) is 0 Å². The minimum absolute atomic E-state index is 0.260. The van der Waals surface area contributed by atoms with Crippen LogP contribution in [0.4, 0.5) is 13.2 Å². The van der Waals surface area contributed by atoms with Gasteiger partial charge in [-0.25, -0.2) is 0 Å². The fraction of sp³-hybridized carbons (Fsp3) is 1.00. The number of hydrogen-bond donors (Lipinski definition) is 2. The van der Waals surface area contributed by atoms with Crippen molar-refractivity contribution in [1.29, 1.82) is 0 Å². The fourth-order valence-electron chi connectivity index (χ4n) is 2.42. The van der Waals surface area contributed by atoms with Gasteiger partial charge in [0.15, 0.2) is 0 Å². The van der Waals surface area contributed by atoms with Gasteiger partial charge in [0.25, 0.3) is 10.2 Å². The normalized spacial score (nSPS) is 20.6.